The molecule has 8 heteroatoms. The van der Waals surface area contributed by atoms with Crippen molar-refractivity contribution in [2.75, 3.05) is 5.32 Å². The van der Waals surface area contributed by atoms with Gasteiger partial charge in [0, 0.05) is 23.5 Å². The highest BCUT2D eigenvalue weighted by Gasteiger charge is 2.19. The van der Waals surface area contributed by atoms with E-state index in [1.54, 1.807) is 60.2 Å². The maximum absolute atomic E-state index is 13.3. The molecule has 2 aromatic carbocycles. The first-order valence-electron chi connectivity index (χ1n) is 10.6. The number of anilines is 1. The fraction of sp³-hybridized carbons (Fsp3) is 0.0769. The number of halogens is 1. The molecule has 0 bridgehead atoms. The molecule has 0 aliphatic carbocycles. The van der Waals surface area contributed by atoms with Gasteiger partial charge in [-0.1, -0.05) is 23.4 Å². The van der Waals surface area contributed by atoms with Gasteiger partial charge in [0.25, 0.3) is 17.2 Å². The van der Waals surface area contributed by atoms with E-state index in [1.807, 2.05) is 12.1 Å². The molecule has 5 rings (SSSR count). The van der Waals surface area contributed by atoms with E-state index in [4.69, 9.17) is 4.52 Å². The van der Waals surface area contributed by atoms with Crippen LogP contribution in [-0.2, 0) is 6.54 Å². The van der Waals surface area contributed by atoms with E-state index in [-0.39, 0.29) is 23.0 Å². The number of aryl methyl sites for hydroxylation is 1. The Kier molecular flexibility index (Phi) is 5.47. The molecule has 0 saturated heterocycles. The summed E-state index contributed by atoms with van der Waals surface area (Å²) in [7, 11) is 0. The molecule has 0 saturated carbocycles. The second kappa shape index (κ2) is 8.74. The predicted octanol–water partition coefficient (Wildman–Crippen LogP) is 4.80. The van der Waals surface area contributed by atoms with Gasteiger partial charge in [0.1, 0.15) is 5.82 Å². The van der Waals surface area contributed by atoms with Crippen molar-refractivity contribution >= 4 is 22.7 Å². The van der Waals surface area contributed by atoms with Crippen LogP contribution in [-0.4, -0.2) is 20.6 Å². The number of rotatable bonds is 5. The molecule has 0 spiro atoms. The summed E-state index contributed by atoms with van der Waals surface area (Å²) in [6, 6.07) is 19.8. The van der Waals surface area contributed by atoms with Gasteiger partial charge in [-0.3, -0.25) is 9.59 Å². The van der Waals surface area contributed by atoms with Crippen LogP contribution in [0.3, 0.4) is 0 Å². The Balaban J connectivity index is 1.43. The molecule has 0 atom stereocenters. The summed E-state index contributed by atoms with van der Waals surface area (Å²) in [6.45, 7) is 2.17. The smallest absolute Gasteiger partial charge is 0.259 e. The van der Waals surface area contributed by atoms with Gasteiger partial charge in [-0.2, -0.15) is 0 Å². The van der Waals surface area contributed by atoms with Gasteiger partial charge in [-0.05, 0) is 61.0 Å². The van der Waals surface area contributed by atoms with Crippen molar-refractivity contribution in [3.05, 3.63) is 112 Å². The molecule has 0 unspecified atom stereocenters. The lowest BCUT2D eigenvalue weighted by Crippen LogP contribution is -2.18. The molecule has 5 aromatic rings. The van der Waals surface area contributed by atoms with Crippen LogP contribution in [0, 0.1) is 12.7 Å². The zero-order valence-electron chi connectivity index (χ0n) is 18.2. The minimum absolute atomic E-state index is 0.0809. The Hall–Kier alpha value is -4.59. The van der Waals surface area contributed by atoms with Crippen LogP contribution < -0.4 is 10.9 Å². The molecule has 0 aliphatic rings. The van der Waals surface area contributed by atoms with Crippen molar-refractivity contribution in [1.29, 1.82) is 0 Å². The van der Waals surface area contributed by atoms with Gasteiger partial charge < -0.3 is 14.4 Å². The molecule has 3 heterocycles. The van der Waals surface area contributed by atoms with Crippen LogP contribution in [0.2, 0.25) is 0 Å². The van der Waals surface area contributed by atoms with E-state index < -0.39 is 0 Å². The summed E-state index contributed by atoms with van der Waals surface area (Å²) in [6.07, 6.45) is 1.73. The van der Waals surface area contributed by atoms with Gasteiger partial charge >= 0.3 is 0 Å². The van der Waals surface area contributed by atoms with Crippen molar-refractivity contribution < 1.29 is 13.7 Å². The van der Waals surface area contributed by atoms with E-state index in [2.05, 4.69) is 15.5 Å². The minimum atomic E-state index is -0.362. The molecular formula is C26H19FN4O3. The largest absolute Gasteiger partial charge is 0.335 e. The number of hydrogen-bond donors (Lipinski definition) is 1. The second-order valence-electron chi connectivity index (χ2n) is 7.83. The number of fused-ring (bicyclic) bond motifs is 1. The monoisotopic (exact) mass is 454 g/mol. The third-order valence-electron chi connectivity index (χ3n) is 5.47. The number of benzene rings is 2. The first-order valence-corrected chi connectivity index (χ1v) is 10.6. The number of nitrogens with zero attached hydrogens (tertiary/aromatic N) is 3. The molecule has 168 valence electrons. The number of pyridine rings is 2. The average molecular weight is 454 g/mol. The van der Waals surface area contributed by atoms with E-state index in [0.717, 1.165) is 5.56 Å². The summed E-state index contributed by atoms with van der Waals surface area (Å²) in [5.41, 5.74) is 3.67. The SMILES string of the molecule is Cc1noc2nc(-c3ccc(F)cc3)cc(C(=O)Nc3ccc(Cn4ccccc4=O)cc3)c12. The highest BCUT2D eigenvalue weighted by atomic mass is 19.1. The zero-order valence-corrected chi connectivity index (χ0v) is 18.2. The van der Waals surface area contributed by atoms with Crippen LogP contribution in [0.15, 0.2) is 88.3 Å². The first-order chi connectivity index (χ1) is 16.5. The minimum Gasteiger partial charge on any atom is -0.335 e. The van der Waals surface area contributed by atoms with Gasteiger partial charge in [0.15, 0.2) is 0 Å². The predicted molar refractivity (Wildman–Crippen MR) is 126 cm³/mol. The fourth-order valence-corrected chi connectivity index (χ4v) is 3.72. The van der Waals surface area contributed by atoms with E-state index in [1.165, 1.54) is 18.2 Å². The third-order valence-corrected chi connectivity index (χ3v) is 5.47. The molecule has 7 nitrogen and oxygen atoms in total. The van der Waals surface area contributed by atoms with Crippen molar-refractivity contribution in [1.82, 2.24) is 14.7 Å². The van der Waals surface area contributed by atoms with Crippen molar-refractivity contribution in [2.45, 2.75) is 13.5 Å². The Labute approximate surface area is 193 Å². The van der Waals surface area contributed by atoms with Crippen molar-refractivity contribution in [2.24, 2.45) is 0 Å². The summed E-state index contributed by atoms with van der Waals surface area (Å²) < 4.78 is 20.3. The number of aromatic nitrogens is 3. The van der Waals surface area contributed by atoms with Gasteiger partial charge in [-0.15, -0.1) is 0 Å². The Morgan fingerprint density at radius 3 is 2.56 bits per heavy atom. The highest BCUT2D eigenvalue weighted by molar-refractivity contribution is 6.13. The zero-order chi connectivity index (χ0) is 23.7. The fourth-order valence-electron chi connectivity index (χ4n) is 3.72. The molecule has 1 amide bonds. The molecule has 0 fully saturated rings. The normalized spacial score (nSPS) is 11.0. The maximum atomic E-state index is 13.3. The van der Waals surface area contributed by atoms with Gasteiger partial charge in [-0.25, -0.2) is 9.37 Å². The molecule has 0 radical (unpaired) electrons. The summed E-state index contributed by atoms with van der Waals surface area (Å²) in [5, 5.41) is 7.36. The number of hydrogen-bond acceptors (Lipinski definition) is 5. The third kappa shape index (κ3) is 4.21. The first kappa shape index (κ1) is 21.3. The number of nitrogens with one attached hydrogen (secondary N) is 1. The lowest BCUT2D eigenvalue weighted by Gasteiger charge is -2.10. The van der Waals surface area contributed by atoms with Crippen LogP contribution in [0.25, 0.3) is 22.4 Å². The van der Waals surface area contributed by atoms with Crippen LogP contribution in [0.1, 0.15) is 21.6 Å². The van der Waals surface area contributed by atoms with Crippen LogP contribution >= 0.6 is 0 Å². The Morgan fingerprint density at radius 2 is 1.82 bits per heavy atom. The Morgan fingerprint density at radius 1 is 1.06 bits per heavy atom. The molecule has 34 heavy (non-hydrogen) atoms. The quantitative estimate of drug-likeness (QED) is 0.412. The van der Waals surface area contributed by atoms with E-state index in [9.17, 15) is 14.0 Å². The maximum Gasteiger partial charge on any atom is 0.259 e. The molecule has 1 N–H and O–H groups in total. The van der Waals surface area contributed by atoms with Crippen molar-refractivity contribution in [3.8, 4) is 11.3 Å². The average Bonchev–Trinajstić information content (AvgIpc) is 3.22. The number of carbonyl (C=O) groups excluding carboxylic acids is 1. The molecule has 3 aromatic heterocycles. The summed E-state index contributed by atoms with van der Waals surface area (Å²) in [5.74, 6) is -0.715. The number of amides is 1. The van der Waals surface area contributed by atoms with Crippen LogP contribution in [0.5, 0.6) is 0 Å². The van der Waals surface area contributed by atoms with E-state index in [0.29, 0.717) is 40.1 Å². The van der Waals surface area contributed by atoms with Crippen molar-refractivity contribution in [3.63, 3.8) is 0 Å². The molecular weight excluding hydrogens is 435 g/mol. The highest BCUT2D eigenvalue weighted by Crippen LogP contribution is 2.28. The Bertz CT molecular complexity index is 1550. The summed E-state index contributed by atoms with van der Waals surface area (Å²) in [4.78, 5) is 29.6. The standard InChI is InChI=1S/C26H19FN4O3/c1-16-24-21(14-22(29-26(24)34-30-16)18-7-9-19(27)10-8-18)25(33)28-20-11-5-17(6-12-20)15-31-13-3-2-4-23(31)32/h2-14H,15H2,1H3,(H,28,33). The summed E-state index contributed by atoms with van der Waals surface area (Å²) >= 11 is 0. The number of carbonyl (C=O) groups is 1. The van der Waals surface area contributed by atoms with Crippen LogP contribution in [0.4, 0.5) is 10.1 Å². The molecule has 0 aliphatic heterocycles. The van der Waals surface area contributed by atoms with E-state index >= 15 is 0 Å². The lowest BCUT2D eigenvalue weighted by molar-refractivity contribution is 0.102. The van der Waals surface area contributed by atoms with Gasteiger partial charge in [0.2, 0.25) is 0 Å². The topological polar surface area (TPSA) is 90.0 Å². The second-order valence-corrected chi connectivity index (χ2v) is 7.83. The lowest BCUT2D eigenvalue weighted by atomic mass is 10.0. The van der Waals surface area contributed by atoms with Gasteiger partial charge in [0.05, 0.1) is 28.9 Å².